The number of piperidine rings is 1. The van der Waals surface area contributed by atoms with Gasteiger partial charge in [0.05, 0.1) is 5.92 Å². The van der Waals surface area contributed by atoms with Crippen molar-refractivity contribution >= 4 is 5.97 Å². The first kappa shape index (κ1) is 12.5. The van der Waals surface area contributed by atoms with E-state index in [1.807, 2.05) is 13.8 Å². The van der Waals surface area contributed by atoms with E-state index >= 15 is 0 Å². The molecule has 15 heavy (non-hydrogen) atoms. The maximum atomic E-state index is 11.6. The molecule has 0 aromatic heterocycles. The van der Waals surface area contributed by atoms with Crippen molar-refractivity contribution in [3.05, 3.63) is 0 Å². The Bertz CT molecular complexity index is 211. The minimum Gasteiger partial charge on any atom is -0.462 e. The molecule has 4 nitrogen and oxygen atoms in total. The van der Waals surface area contributed by atoms with Crippen molar-refractivity contribution in [1.29, 1.82) is 0 Å². The van der Waals surface area contributed by atoms with E-state index in [1.165, 1.54) is 0 Å². The number of likely N-dealkylation sites (tertiary alicyclic amines) is 1. The molecule has 0 spiro atoms. The third kappa shape index (κ3) is 3.80. The molecule has 2 unspecified atom stereocenters. The Morgan fingerprint density at radius 3 is 2.40 bits per heavy atom. The molecule has 1 heterocycles. The first-order valence-electron chi connectivity index (χ1n) is 5.65. The normalized spacial score (nSPS) is 23.5. The van der Waals surface area contributed by atoms with Gasteiger partial charge in [-0.15, -0.1) is 0 Å². The van der Waals surface area contributed by atoms with Gasteiger partial charge in [0.15, 0.2) is 0 Å². The SMILES string of the molecule is CC(N)C(C)C(=O)OC1CCN(C)CC1. The Morgan fingerprint density at radius 2 is 1.93 bits per heavy atom. The van der Waals surface area contributed by atoms with Crippen molar-refractivity contribution in [2.45, 2.75) is 38.8 Å². The molecular formula is C11H22N2O2. The third-order valence-electron chi connectivity index (χ3n) is 3.11. The molecule has 0 amide bonds. The van der Waals surface area contributed by atoms with Crippen molar-refractivity contribution in [1.82, 2.24) is 4.90 Å². The fraction of sp³-hybridized carbons (Fsp3) is 0.909. The van der Waals surface area contributed by atoms with Crippen LogP contribution in [0.5, 0.6) is 0 Å². The van der Waals surface area contributed by atoms with Crippen LogP contribution in [-0.4, -0.2) is 43.2 Å². The number of hydrogen-bond donors (Lipinski definition) is 1. The van der Waals surface area contributed by atoms with E-state index in [2.05, 4.69) is 11.9 Å². The minimum atomic E-state index is -0.204. The van der Waals surface area contributed by atoms with Gasteiger partial charge < -0.3 is 15.4 Å². The molecule has 0 aromatic rings. The Kier molecular flexibility index (Phi) is 4.54. The van der Waals surface area contributed by atoms with Crippen molar-refractivity contribution in [2.24, 2.45) is 11.7 Å². The molecule has 2 N–H and O–H groups in total. The molecule has 2 atom stereocenters. The lowest BCUT2D eigenvalue weighted by molar-refractivity contribution is -0.156. The maximum Gasteiger partial charge on any atom is 0.310 e. The standard InChI is InChI=1S/C11H22N2O2/c1-8(9(2)12)11(14)15-10-4-6-13(3)7-5-10/h8-10H,4-7,12H2,1-3H3. The predicted molar refractivity (Wildman–Crippen MR) is 59.4 cm³/mol. The van der Waals surface area contributed by atoms with Crippen molar-refractivity contribution < 1.29 is 9.53 Å². The monoisotopic (exact) mass is 214 g/mol. The zero-order valence-corrected chi connectivity index (χ0v) is 9.90. The molecule has 0 aliphatic carbocycles. The van der Waals surface area contributed by atoms with E-state index in [9.17, 15) is 4.79 Å². The first-order chi connectivity index (χ1) is 7.00. The highest BCUT2D eigenvalue weighted by Crippen LogP contribution is 2.14. The Labute approximate surface area is 91.8 Å². The molecule has 4 heteroatoms. The summed E-state index contributed by atoms with van der Waals surface area (Å²) in [6.45, 7) is 5.66. The second-order valence-electron chi connectivity index (χ2n) is 4.59. The summed E-state index contributed by atoms with van der Waals surface area (Å²) in [4.78, 5) is 13.9. The molecular weight excluding hydrogens is 192 g/mol. The highest BCUT2D eigenvalue weighted by molar-refractivity contribution is 5.72. The average Bonchev–Trinajstić information content (AvgIpc) is 2.20. The topological polar surface area (TPSA) is 55.6 Å². The average molecular weight is 214 g/mol. The zero-order valence-electron chi connectivity index (χ0n) is 9.90. The van der Waals surface area contributed by atoms with Gasteiger partial charge in [0.2, 0.25) is 0 Å². The summed E-state index contributed by atoms with van der Waals surface area (Å²) in [7, 11) is 2.09. The van der Waals surface area contributed by atoms with E-state index < -0.39 is 0 Å². The van der Waals surface area contributed by atoms with E-state index in [0.29, 0.717) is 0 Å². The van der Waals surface area contributed by atoms with Crippen LogP contribution in [-0.2, 0) is 9.53 Å². The summed E-state index contributed by atoms with van der Waals surface area (Å²) < 4.78 is 5.42. The molecule has 1 rings (SSSR count). The van der Waals surface area contributed by atoms with E-state index in [4.69, 9.17) is 10.5 Å². The van der Waals surface area contributed by atoms with E-state index in [-0.39, 0.29) is 24.0 Å². The van der Waals surface area contributed by atoms with Crippen LogP contribution in [0.3, 0.4) is 0 Å². The predicted octanol–water partition coefficient (Wildman–Crippen LogP) is 0.607. The molecule has 1 saturated heterocycles. The number of rotatable bonds is 3. The third-order valence-corrected chi connectivity index (χ3v) is 3.11. The van der Waals surface area contributed by atoms with Crippen LogP contribution in [0.4, 0.5) is 0 Å². The van der Waals surface area contributed by atoms with Gasteiger partial charge in [-0.05, 0) is 26.8 Å². The summed E-state index contributed by atoms with van der Waals surface area (Å²) in [5.41, 5.74) is 5.65. The largest absolute Gasteiger partial charge is 0.462 e. The minimum absolute atomic E-state index is 0.0925. The molecule has 1 fully saturated rings. The van der Waals surface area contributed by atoms with Crippen LogP contribution in [0.25, 0.3) is 0 Å². The Morgan fingerprint density at radius 1 is 1.40 bits per heavy atom. The summed E-state index contributed by atoms with van der Waals surface area (Å²) in [6.07, 6.45) is 1.97. The molecule has 0 saturated carbocycles. The van der Waals surface area contributed by atoms with Gasteiger partial charge in [-0.1, -0.05) is 6.92 Å². The number of carbonyl (C=O) groups is 1. The van der Waals surface area contributed by atoms with Crippen LogP contribution in [0.15, 0.2) is 0 Å². The van der Waals surface area contributed by atoms with Gasteiger partial charge in [-0.25, -0.2) is 0 Å². The number of hydrogen-bond acceptors (Lipinski definition) is 4. The molecule has 0 bridgehead atoms. The lowest BCUT2D eigenvalue weighted by Gasteiger charge is -2.29. The molecule has 0 aromatic carbocycles. The molecule has 88 valence electrons. The van der Waals surface area contributed by atoms with Crippen molar-refractivity contribution in [2.75, 3.05) is 20.1 Å². The van der Waals surface area contributed by atoms with Gasteiger partial charge in [-0.2, -0.15) is 0 Å². The van der Waals surface area contributed by atoms with Gasteiger partial charge >= 0.3 is 5.97 Å². The second-order valence-corrected chi connectivity index (χ2v) is 4.59. The summed E-state index contributed by atoms with van der Waals surface area (Å²) in [5, 5.41) is 0. The number of nitrogens with two attached hydrogens (primary N) is 1. The highest BCUT2D eigenvalue weighted by Gasteiger charge is 2.24. The number of ether oxygens (including phenoxy) is 1. The molecule has 0 radical (unpaired) electrons. The maximum absolute atomic E-state index is 11.6. The van der Waals surface area contributed by atoms with Gasteiger partial charge in [0, 0.05) is 19.1 Å². The van der Waals surface area contributed by atoms with Gasteiger partial charge in [-0.3, -0.25) is 4.79 Å². The first-order valence-corrected chi connectivity index (χ1v) is 5.65. The van der Waals surface area contributed by atoms with Crippen molar-refractivity contribution in [3.8, 4) is 0 Å². The van der Waals surface area contributed by atoms with E-state index in [1.54, 1.807) is 0 Å². The van der Waals surface area contributed by atoms with Crippen molar-refractivity contribution in [3.63, 3.8) is 0 Å². The van der Waals surface area contributed by atoms with Gasteiger partial charge in [0.25, 0.3) is 0 Å². The molecule has 1 aliphatic rings. The second kappa shape index (κ2) is 5.47. The summed E-state index contributed by atoms with van der Waals surface area (Å²) in [6, 6.07) is -0.135. The van der Waals surface area contributed by atoms with Crippen LogP contribution >= 0.6 is 0 Å². The number of esters is 1. The Balaban J connectivity index is 2.32. The summed E-state index contributed by atoms with van der Waals surface area (Å²) in [5.74, 6) is -0.357. The van der Waals surface area contributed by atoms with Crippen LogP contribution in [0.1, 0.15) is 26.7 Å². The fourth-order valence-corrected chi connectivity index (χ4v) is 1.59. The fourth-order valence-electron chi connectivity index (χ4n) is 1.59. The van der Waals surface area contributed by atoms with Crippen LogP contribution < -0.4 is 5.73 Å². The smallest absolute Gasteiger partial charge is 0.310 e. The number of carbonyl (C=O) groups excluding carboxylic acids is 1. The van der Waals surface area contributed by atoms with Crippen LogP contribution in [0, 0.1) is 5.92 Å². The zero-order chi connectivity index (χ0) is 11.4. The lowest BCUT2D eigenvalue weighted by Crippen LogP contribution is -2.38. The Hall–Kier alpha value is -0.610. The molecule has 1 aliphatic heterocycles. The van der Waals surface area contributed by atoms with Crippen LogP contribution in [0.2, 0.25) is 0 Å². The number of nitrogens with zero attached hydrogens (tertiary/aromatic N) is 1. The van der Waals surface area contributed by atoms with Gasteiger partial charge in [0.1, 0.15) is 6.10 Å². The summed E-state index contributed by atoms with van der Waals surface area (Å²) >= 11 is 0. The quantitative estimate of drug-likeness (QED) is 0.699. The van der Waals surface area contributed by atoms with E-state index in [0.717, 1.165) is 25.9 Å². The highest BCUT2D eigenvalue weighted by atomic mass is 16.5. The lowest BCUT2D eigenvalue weighted by atomic mass is 10.0.